The molecule has 2 fully saturated rings. The number of hydrogen-bond acceptors (Lipinski definition) is 2. The molecule has 0 spiro atoms. The van der Waals surface area contributed by atoms with Crippen molar-refractivity contribution in [3.05, 3.63) is 29.8 Å². The molecule has 5 atom stereocenters. The lowest BCUT2D eigenvalue weighted by atomic mass is 9.83. The molecule has 4 rings (SSSR count). The van der Waals surface area contributed by atoms with Gasteiger partial charge in [0.1, 0.15) is 0 Å². The zero-order valence-corrected chi connectivity index (χ0v) is 12.5. The van der Waals surface area contributed by atoms with Crippen molar-refractivity contribution < 1.29 is 0 Å². The van der Waals surface area contributed by atoms with Gasteiger partial charge in [-0.3, -0.25) is 0 Å². The van der Waals surface area contributed by atoms with E-state index in [4.69, 9.17) is 0 Å². The predicted molar refractivity (Wildman–Crippen MR) is 81.4 cm³/mol. The average Bonchev–Trinajstić information content (AvgIpc) is 3.14. The predicted octanol–water partition coefficient (Wildman–Crippen LogP) is 4.25. The van der Waals surface area contributed by atoms with E-state index in [0.29, 0.717) is 12.1 Å². The van der Waals surface area contributed by atoms with Crippen molar-refractivity contribution >= 4 is 11.8 Å². The smallest absolute Gasteiger partial charge is 0.0428 e. The molecule has 102 valence electrons. The van der Waals surface area contributed by atoms with Crippen LogP contribution in [0.4, 0.5) is 0 Å². The first-order chi connectivity index (χ1) is 9.31. The Kier molecular flexibility index (Phi) is 3.12. The lowest BCUT2D eigenvalue weighted by Gasteiger charge is -2.31. The maximum absolute atomic E-state index is 3.94. The summed E-state index contributed by atoms with van der Waals surface area (Å²) in [5.74, 6) is 4.24. The second kappa shape index (κ2) is 4.82. The van der Waals surface area contributed by atoms with Crippen LogP contribution >= 0.6 is 11.8 Å². The minimum Gasteiger partial charge on any atom is -0.306 e. The fourth-order valence-electron chi connectivity index (χ4n) is 4.65. The molecule has 1 heterocycles. The third-order valence-electron chi connectivity index (χ3n) is 5.60. The van der Waals surface area contributed by atoms with E-state index >= 15 is 0 Å². The largest absolute Gasteiger partial charge is 0.306 e. The lowest BCUT2D eigenvalue weighted by molar-refractivity contribution is 0.249. The van der Waals surface area contributed by atoms with E-state index in [1.807, 2.05) is 11.8 Å². The molecule has 0 radical (unpaired) electrons. The zero-order chi connectivity index (χ0) is 12.8. The second-order valence-corrected chi connectivity index (χ2v) is 7.76. The van der Waals surface area contributed by atoms with Crippen LogP contribution in [0.5, 0.6) is 0 Å². The van der Waals surface area contributed by atoms with Gasteiger partial charge in [-0.05, 0) is 55.6 Å². The van der Waals surface area contributed by atoms with Crippen LogP contribution in [0.1, 0.15) is 44.2 Å². The van der Waals surface area contributed by atoms with E-state index in [0.717, 1.165) is 17.8 Å². The Morgan fingerprint density at radius 2 is 2.11 bits per heavy atom. The quantitative estimate of drug-likeness (QED) is 0.883. The van der Waals surface area contributed by atoms with Gasteiger partial charge in [0.15, 0.2) is 0 Å². The number of fused-ring (bicyclic) bond motifs is 3. The number of hydrogen-bond donors (Lipinski definition) is 1. The topological polar surface area (TPSA) is 12.0 Å². The van der Waals surface area contributed by atoms with E-state index in [1.165, 1.54) is 41.9 Å². The van der Waals surface area contributed by atoms with E-state index in [2.05, 4.69) is 36.5 Å². The highest BCUT2D eigenvalue weighted by atomic mass is 32.2. The van der Waals surface area contributed by atoms with Gasteiger partial charge in [0, 0.05) is 22.7 Å². The first-order valence-corrected chi connectivity index (χ1v) is 8.77. The molecule has 2 heteroatoms. The summed E-state index contributed by atoms with van der Waals surface area (Å²) in [7, 11) is 0. The average molecular weight is 273 g/mol. The summed E-state index contributed by atoms with van der Waals surface area (Å²) in [6.07, 6.45) is 6.01. The normalized spacial score (nSPS) is 37.5. The van der Waals surface area contributed by atoms with Crippen LogP contribution in [-0.2, 0) is 0 Å². The molecular weight excluding hydrogens is 250 g/mol. The number of nitrogens with one attached hydrogen (secondary N) is 1. The van der Waals surface area contributed by atoms with Gasteiger partial charge in [0.2, 0.25) is 0 Å². The molecule has 1 aromatic carbocycles. The molecule has 0 amide bonds. The van der Waals surface area contributed by atoms with Crippen molar-refractivity contribution in [3.63, 3.8) is 0 Å². The summed E-state index contributed by atoms with van der Waals surface area (Å²) in [6, 6.07) is 10.2. The second-order valence-electron chi connectivity index (χ2n) is 6.70. The van der Waals surface area contributed by atoms with Crippen molar-refractivity contribution in [2.75, 3.05) is 5.75 Å². The van der Waals surface area contributed by atoms with Crippen LogP contribution in [0.2, 0.25) is 0 Å². The summed E-state index contributed by atoms with van der Waals surface area (Å²) in [5, 5.41) is 3.94. The molecular formula is C17H23NS. The highest BCUT2D eigenvalue weighted by molar-refractivity contribution is 7.99. The van der Waals surface area contributed by atoms with Crippen LogP contribution in [0.3, 0.4) is 0 Å². The van der Waals surface area contributed by atoms with Crippen LogP contribution in [0.15, 0.2) is 29.2 Å². The molecule has 0 saturated heterocycles. The summed E-state index contributed by atoms with van der Waals surface area (Å²) >= 11 is 2.01. The molecule has 1 nitrogen and oxygen atoms in total. The molecule has 2 aliphatic carbocycles. The third kappa shape index (κ3) is 2.13. The molecule has 0 aromatic heterocycles. The van der Waals surface area contributed by atoms with Crippen molar-refractivity contribution in [1.29, 1.82) is 0 Å². The Hall–Kier alpha value is -0.470. The van der Waals surface area contributed by atoms with Gasteiger partial charge in [0.05, 0.1) is 0 Å². The monoisotopic (exact) mass is 273 g/mol. The number of thioether (sulfide) groups is 1. The molecule has 1 N–H and O–H groups in total. The summed E-state index contributed by atoms with van der Waals surface area (Å²) in [6.45, 7) is 2.43. The zero-order valence-electron chi connectivity index (χ0n) is 11.6. The van der Waals surface area contributed by atoms with E-state index < -0.39 is 0 Å². The van der Waals surface area contributed by atoms with E-state index in [9.17, 15) is 0 Å². The van der Waals surface area contributed by atoms with Crippen LogP contribution in [0.25, 0.3) is 0 Å². The van der Waals surface area contributed by atoms with Crippen molar-refractivity contribution in [1.82, 2.24) is 5.32 Å². The Labute approximate surface area is 120 Å². The molecule has 2 bridgehead atoms. The van der Waals surface area contributed by atoms with Crippen molar-refractivity contribution in [3.8, 4) is 0 Å². The van der Waals surface area contributed by atoms with Crippen molar-refractivity contribution in [2.45, 2.75) is 49.6 Å². The van der Waals surface area contributed by atoms with Gasteiger partial charge in [-0.25, -0.2) is 0 Å². The van der Waals surface area contributed by atoms with Gasteiger partial charge < -0.3 is 5.32 Å². The summed E-state index contributed by atoms with van der Waals surface area (Å²) in [4.78, 5) is 1.49. The maximum atomic E-state index is 3.94. The molecule has 1 aliphatic heterocycles. The Bertz CT molecular complexity index is 472. The molecule has 5 unspecified atom stereocenters. The van der Waals surface area contributed by atoms with Gasteiger partial charge in [-0.2, -0.15) is 0 Å². The SMILES string of the molecule is CC(NC1CSc2ccccc21)C1CC2CCC1C2. The van der Waals surface area contributed by atoms with E-state index in [1.54, 1.807) is 0 Å². The first-order valence-electron chi connectivity index (χ1n) is 7.79. The number of benzene rings is 1. The fraction of sp³-hybridized carbons (Fsp3) is 0.647. The Balaban J connectivity index is 1.45. The van der Waals surface area contributed by atoms with Gasteiger partial charge in [0.25, 0.3) is 0 Å². The molecule has 2 saturated carbocycles. The first kappa shape index (κ1) is 12.3. The highest BCUT2D eigenvalue weighted by Gasteiger charge is 2.42. The maximum Gasteiger partial charge on any atom is 0.0428 e. The summed E-state index contributed by atoms with van der Waals surface area (Å²) < 4.78 is 0. The van der Waals surface area contributed by atoms with Crippen LogP contribution < -0.4 is 5.32 Å². The van der Waals surface area contributed by atoms with Gasteiger partial charge in [-0.15, -0.1) is 11.8 Å². The van der Waals surface area contributed by atoms with E-state index in [-0.39, 0.29) is 0 Å². The lowest BCUT2D eigenvalue weighted by Crippen LogP contribution is -2.38. The Morgan fingerprint density at radius 1 is 1.21 bits per heavy atom. The minimum absolute atomic E-state index is 0.579. The van der Waals surface area contributed by atoms with Crippen LogP contribution in [0, 0.1) is 17.8 Å². The third-order valence-corrected chi connectivity index (χ3v) is 6.78. The van der Waals surface area contributed by atoms with Crippen LogP contribution in [-0.4, -0.2) is 11.8 Å². The number of rotatable bonds is 3. The van der Waals surface area contributed by atoms with Gasteiger partial charge in [-0.1, -0.05) is 24.6 Å². The molecule has 19 heavy (non-hydrogen) atoms. The fourth-order valence-corrected chi connectivity index (χ4v) is 5.82. The minimum atomic E-state index is 0.579. The summed E-state index contributed by atoms with van der Waals surface area (Å²) in [5.41, 5.74) is 1.53. The van der Waals surface area contributed by atoms with Gasteiger partial charge >= 0.3 is 0 Å². The highest BCUT2D eigenvalue weighted by Crippen LogP contribution is 2.50. The van der Waals surface area contributed by atoms with Crippen molar-refractivity contribution in [2.24, 2.45) is 17.8 Å². The molecule has 3 aliphatic rings. The molecule has 1 aromatic rings. The standard InChI is InChI=1S/C17H23NS/c1-11(15-9-12-6-7-13(15)8-12)18-16-10-19-17-5-3-2-4-14(16)17/h2-5,11-13,15-16,18H,6-10H2,1H3. The Morgan fingerprint density at radius 3 is 2.89 bits per heavy atom.